The molecule has 0 aliphatic rings. The smallest absolute Gasteiger partial charge is 0.264 e. The first-order valence-corrected chi connectivity index (χ1v) is 2.10. The van der Waals surface area contributed by atoms with Crippen LogP contribution in [0.1, 0.15) is 0 Å². The fourth-order valence-electron chi connectivity index (χ4n) is 0. The molecule has 7 heavy (non-hydrogen) atoms. The summed E-state index contributed by atoms with van der Waals surface area (Å²) in [5.74, 6) is 0. The van der Waals surface area contributed by atoms with Crippen molar-refractivity contribution in [3.8, 4) is 0 Å². The molecule has 7 heteroatoms. The van der Waals surface area contributed by atoms with E-state index in [1.807, 2.05) is 0 Å². The third kappa shape index (κ3) is 110. The van der Waals surface area contributed by atoms with Gasteiger partial charge in [-0.2, -0.15) is 8.42 Å². The van der Waals surface area contributed by atoms with Crippen LogP contribution in [-0.4, -0.2) is 47.1 Å². The summed E-state index contributed by atoms with van der Waals surface area (Å²) in [7, 11) is -4.67. The summed E-state index contributed by atoms with van der Waals surface area (Å²) in [6.45, 7) is 0. The van der Waals surface area contributed by atoms with E-state index >= 15 is 0 Å². The van der Waals surface area contributed by atoms with E-state index in [1.54, 1.807) is 0 Å². The molecule has 2 N–H and O–H groups in total. The van der Waals surface area contributed by atoms with Crippen LogP contribution in [-0.2, 0) is 27.8 Å². The van der Waals surface area contributed by atoms with Crippen molar-refractivity contribution in [2.75, 3.05) is 0 Å². The summed E-state index contributed by atoms with van der Waals surface area (Å²) in [4.78, 5) is 0. The molecule has 0 aromatic rings. The minimum Gasteiger partial charge on any atom is -0.264 e. The second-order valence-electron chi connectivity index (χ2n) is 0.448. The molecule has 0 spiro atoms. The van der Waals surface area contributed by atoms with E-state index < -0.39 is 10.4 Å². The van der Waals surface area contributed by atoms with Gasteiger partial charge in [-0.1, -0.05) is 0 Å². The molecule has 4 nitrogen and oxygen atoms in total. The van der Waals surface area contributed by atoms with Crippen molar-refractivity contribution in [3.63, 3.8) is 0 Å². The van der Waals surface area contributed by atoms with Crippen molar-refractivity contribution in [1.82, 2.24) is 0 Å². The van der Waals surface area contributed by atoms with E-state index in [2.05, 4.69) is 0 Å². The van der Waals surface area contributed by atoms with Crippen LogP contribution in [0.15, 0.2) is 0 Å². The molecule has 0 aliphatic heterocycles. The molecule has 0 amide bonds. The standard InChI is InChI=1S/Cr.Na.H2O4S/c;;1-5(2,3)4/h;;(H2,1,2,3,4). The Morgan fingerprint density at radius 2 is 1.14 bits per heavy atom. The van der Waals surface area contributed by atoms with Crippen molar-refractivity contribution in [2.45, 2.75) is 0 Å². The summed E-state index contributed by atoms with van der Waals surface area (Å²) in [5, 5.41) is 0. The van der Waals surface area contributed by atoms with Gasteiger partial charge >= 0.3 is 10.4 Å². The molecule has 0 atom stereocenters. The average Bonchev–Trinajstić information content (AvgIpc) is 0.722. The molecular formula is H2CrNaO4S. The fourth-order valence-corrected chi connectivity index (χ4v) is 0. The zero-order chi connectivity index (χ0) is 4.50. The minimum atomic E-state index is -4.67. The second kappa shape index (κ2) is 5.54. The largest absolute Gasteiger partial charge is 0.394 e. The van der Waals surface area contributed by atoms with E-state index in [1.165, 1.54) is 0 Å². The van der Waals surface area contributed by atoms with E-state index in [0.29, 0.717) is 0 Å². The minimum absolute atomic E-state index is 0. The van der Waals surface area contributed by atoms with Gasteiger partial charge in [0.25, 0.3) is 0 Å². The van der Waals surface area contributed by atoms with Gasteiger partial charge in [-0.25, -0.2) is 0 Å². The Morgan fingerprint density at radius 3 is 1.14 bits per heavy atom. The van der Waals surface area contributed by atoms with Crippen LogP contribution in [0.4, 0.5) is 0 Å². The SMILES string of the molecule is O=S(=O)(O)O.[Cr].[Na]. The van der Waals surface area contributed by atoms with E-state index in [4.69, 9.17) is 17.5 Å². The van der Waals surface area contributed by atoms with Gasteiger partial charge in [0.15, 0.2) is 0 Å². The van der Waals surface area contributed by atoms with Crippen LogP contribution in [0.25, 0.3) is 0 Å². The molecular weight excluding hydrogens is 171 g/mol. The number of rotatable bonds is 0. The fraction of sp³-hybridized carbons (Fsp3) is 0. The van der Waals surface area contributed by atoms with Crippen molar-refractivity contribution in [2.24, 2.45) is 0 Å². The predicted molar refractivity (Wildman–Crippen MR) is 19.9 cm³/mol. The Bertz CT molecular complexity index is 94.9. The molecule has 0 aromatic carbocycles. The van der Waals surface area contributed by atoms with Crippen molar-refractivity contribution in [1.29, 1.82) is 0 Å². The Kier molecular flexibility index (Phi) is 12.5. The van der Waals surface area contributed by atoms with E-state index in [-0.39, 0.29) is 46.9 Å². The summed E-state index contributed by atoms with van der Waals surface area (Å²) >= 11 is 0. The van der Waals surface area contributed by atoms with Gasteiger partial charge < -0.3 is 0 Å². The van der Waals surface area contributed by atoms with E-state index in [0.717, 1.165) is 0 Å². The summed E-state index contributed by atoms with van der Waals surface area (Å²) in [6, 6.07) is 0. The van der Waals surface area contributed by atoms with E-state index in [9.17, 15) is 0 Å². The third-order valence-corrected chi connectivity index (χ3v) is 0. The molecule has 0 rings (SSSR count). The van der Waals surface area contributed by atoms with Crippen molar-refractivity contribution < 1.29 is 34.9 Å². The van der Waals surface area contributed by atoms with Crippen LogP contribution in [0, 0.1) is 0 Å². The van der Waals surface area contributed by atoms with Crippen molar-refractivity contribution >= 4 is 40.0 Å². The Balaban J connectivity index is -0.0000000800. The first-order valence-electron chi connectivity index (χ1n) is 0.698. The van der Waals surface area contributed by atoms with Gasteiger partial charge in [0.2, 0.25) is 0 Å². The quantitative estimate of drug-likeness (QED) is 0.362. The monoisotopic (exact) mass is 173 g/mol. The molecule has 0 aliphatic carbocycles. The van der Waals surface area contributed by atoms with Gasteiger partial charge in [-0.05, 0) is 0 Å². The van der Waals surface area contributed by atoms with Crippen molar-refractivity contribution in [3.05, 3.63) is 0 Å². The van der Waals surface area contributed by atoms with Gasteiger partial charge in [0.1, 0.15) is 0 Å². The third-order valence-electron chi connectivity index (χ3n) is 0. The number of hydrogen-bond acceptors (Lipinski definition) is 2. The van der Waals surface area contributed by atoms with Gasteiger partial charge in [0, 0.05) is 46.9 Å². The summed E-state index contributed by atoms with van der Waals surface area (Å²) in [6.07, 6.45) is 0. The molecule has 0 bridgehead atoms. The van der Waals surface area contributed by atoms with Crippen LogP contribution < -0.4 is 0 Å². The zero-order valence-corrected chi connectivity index (χ0v) is 7.62. The van der Waals surface area contributed by atoms with Crippen LogP contribution in [0.5, 0.6) is 0 Å². The molecule has 0 saturated carbocycles. The van der Waals surface area contributed by atoms with Gasteiger partial charge in [-0.3, -0.25) is 9.11 Å². The first kappa shape index (κ1) is 15.8. The zero-order valence-electron chi connectivity index (χ0n) is 3.53. The van der Waals surface area contributed by atoms with Gasteiger partial charge in [-0.15, -0.1) is 0 Å². The van der Waals surface area contributed by atoms with Crippen LogP contribution >= 0.6 is 0 Å². The molecule has 0 aromatic heterocycles. The molecule has 0 heterocycles. The Hall–Kier alpha value is 1.40. The molecule has 0 saturated heterocycles. The topological polar surface area (TPSA) is 74.6 Å². The first-order chi connectivity index (χ1) is 2.00. The van der Waals surface area contributed by atoms with Gasteiger partial charge in [0.05, 0.1) is 0 Å². The Morgan fingerprint density at radius 1 is 1.14 bits per heavy atom. The number of hydrogen-bond donors (Lipinski definition) is 2. The maximum Gasteiger partial charge on any atom is 0.394 e. The second-order valence-corrected chi connectivity index (χ2v) is 1.34. The van der Waals surface area contributed by atoms with Crippen LogP contribution in [0.2, 0.25) is 0 Å². The summed E-state index contributed by atoms with van der Waals surface area (Å²) < 4.78 is 31.6. The summed E-state index contributed by atoms with van der Waals surface area (Å²) in [5.41, 5.74) is 0. The molecule has 39 valence electrons. The predicted octanol–water partition coefficient (Wildman–Crippen LogP) is -1.04. The normalized spacial score (nSPS) is 8.29. The maximum atomic E-state index is 8.74. The average molecular weight is 173 g/mol. The molecule has 0 fully saturated rings. The Labute approximate surface area is 74.3 Å². The van der Waals surface area contributed by atoms with Crippen LogP contribution in [0.3, 0.4) is 0 Å². The molecule has 0 unspecified atom stereocenters. The maximum absolute atomic E-state index is 8.74. The molecule has 1 radical (unpaired) electrons.